The second-order valence-electron chi connectivity index (χ2n) is 7.81. The molecule has 1 aromatic carbocycles. The van der Waals surface area contributed by atoms with E-state index in [1.54, 1.807) is 12.1 Å². The third-order valence-corrected chi connectivity index (χ3v) is 5.71. The van der Waals surface area contributed by atoms with Crippen LogP contribution in [0, 0.1) is 5.92 Å². The molecule has 2 heterocycles. The maximum Gasteiger partial charge on any atom is 0.234 e. The lowest BCUT2D eigenvalue weighted by Crippen LogP contribution is -2.45. The summed E-state index contributed by atoms with van der Waals surface area (Å²) in [5.74, 6) is 0.229. The third-order valence-electron chi connectivity index (χ3n) is 5.49. The molecule has 1 aromatic heterocycles. The van der Waals surface area contributed by atoms with E-state index in [1.165, 1.54) is 11.8 Å². The van der Waals surface area contributed by atoms with Gasteiger partial charge in [-0.2, -0.15) is 0 Å². The van der Waals surface area contributed by atoms with E-state index >= 15 is 0 Å². The summed E-state index contributed by atoms with van der Waals surface area (Å²) in [6.45, 7) is 5.78. The van der Waals surface area contributed by atoms with E-state index in [1.807, 2.05) is 11.8 Å². The second-order valence-corrected chi connectivity index (χ2v) is 8.25. The number of likely N-dealkylation sites (tertiary alicyclic amines) is 1. The van der Waals surface area contributed by atoms with Gasteiger partial charge in [-0.05, 0) is 56.0 Å². The standard InChI is InChI=1S/C23H29ClN4O2/c1-3-17-6-8-18(9-7-17)16(2)26-22(29)15-28-12-4-5-19(14-28)23(30)27-21-11-10-20(24)13-25-21/h6-11,13,16,19H,3-5,12,14-15H2,1-2H3,(H,26,29)(H,25,27,30). The van der Waals surface area contributed by atoms with Crippen LogP contribution in [0.3, 0.4) is 0 Å². The van der Waals surface area contributed by atoms with Gasteiger partial charge in [0, 0.05) is 12.7 Å². The average Bonchev–Trinajstić information content (AvgIpc) is 2.75. The van der Waals surface area contributed by atoms with E-state index in [9.17, 15) is 9.59 Å². The number of pyridine rings is 1. The SMILES string of the molecule is CCc1ccc(C(C)NC(=O)CN2CCCC(C(=O)Nc3ccc(Cl)cn3)C2)cc1. The van der Waals surface area contributed by atoms with Crippen LogP contribution >= 0.6 is 11.6 Å². The van der Waals surface area contributed by atoms with Crippen LogP contribution in [0.15, 0.2) is 42.6 Å². The zero-order valence-corrected chi connectivity index (χ0v) is 18.3. The Morgan fingerprint density at radius 1 is 1.23 bits per heavy atom. The minimum atomic E-state index is -0.164. The number of nitrogens with one attached hydrogen (secondary N) is 2. The van der Waals surface area contributed by atoms with Crippen LogP contribution in [0.1, 0.15) is 43.9 Å². The first-order valence-corrected chi connectivity index (χ1v) is 10.9. The Labute approximate surface area is 183 Å². The van der Waals surface area contributed by atoms with Crippen LogP contribution in [0.2, 0.25) is 5.02 Å². The fourth-order valence-electron chi connectivity index (χ4n) is 3.71. The number of carbonyl (C=O) groups excluding carboxylic acids is 2. The van der Waals surface area contributed by atoms with E-state index in [0.717, 1.165) is 31.4 Å². The molecule has 2 N–H and O–H groups in total. The summed E-state index contributed by atoms with van der Waals surface area (Å²) in [4.78, 5) is 31.3. The highest BCUT2D eigenvalue weighted by molar-refractivity contribution is 6.30. The summed E-state index contributed by atoms with van der Waals surface area (Å²) in [7, 11) is 0. The zero-order valence-electron chi connectivity index (χ0n) is 17.5. The van der Waals surface area contributed by atoms with Crippen molar-refractivity contribution in [2.24, 2.45) is 5.92 Å². The highest BCUT2D eigenvalue weighted by Gasteiger charge is 2.27. The van der Waals surface area contributed by atoms with Gasteiger partial charge in [-0.1, -0.05) is 42.8 Å². The molecule has 3 rings (SSSR count). The normalized spacial score (nSPS) is 17.9. The van der Waals surface area contributed by atoms with Crippen molar-refractivity contribution in [1.82, 2.24) is 15.2 Å². The molecular formula is C23H29ClN4O2. The maximum atomic E-state index is 12.6. The molecule has 7 heteroatoms. The fourth-order valence-corrected chi connectivity index (χ4v) is 3.82. The first-order valence-electron chi connectivity index (χ1n) is 10.5. The third kappa shape index (κ3) is 6.28. The van der Waals surface area contributed by atoms with Crippen LogP contribution in [-0.4, -0.2) is 41.3 Å². The minimum Gasteiger partial charge on any atom is -0.348 e. The molecule has 1 aliphatic rings. The number of halogens is 1. The van der Waals surface area contributed by atoms with Gasteiger partial charge >= 0.3 is 0 Å². The van der Waals surface area contributed by atoms with Crippen LogP contribution in [0.5, 0.6) is 0 Å². The van der Waals surface area contributed by atoms with E-state index in [0.29, 0.717) is 23.9 Å². The summed E-state index contributed by atoms with van der Waals surface area (Å²) < 4.78 is 0. The molecule has 0 bridgehead atoms. The summed E-state index contributed by atoms with van der Waals surface area (Å²) in [5, 5.41) is 6.43. The number of amides is 2. The zero-order chi connectivity index (χ0) is 21.5. The van der Waals surface area contributed by atoms with Gasteiger partial charge in [-0.3, -0.25) is 14.5 Å². The predicted octanol–water partition coefficient (Wildman–Crippen LogP) is 3.83. The molecule has 2 atom stereocenters. The second kappa shape index (κ2) is 10.5. The van der Waals surface area contributed by atoms with Crippen molar-refractivity contribution in [1.29, 1.82) is 0 Å². The summed E-state index contributed by atoms with van der Waals surface area (Å²) in [6.07, 6.45) is 4.19. The molecule has 0 radical (unpaired) electrons. The number of benzene rings is 1. The predicted molar refractivity (Wildman–Crippen MR) is 119 cm³/mol. The van der Waals surface area contributed by atoms with Crippen molar-refractivity contribution in [3.05, 3.63) is 58.7 Å². The van der Waals surface area contributed by atoms with E-state index < -0.39 is 0 Å². The summed E-state index contributed by atoms with van der Waals surface area (Å²) in [5.41, 5.74) is 2.37. The molecule has 2 unspecified atom stereocenters. The maximum absolute atomic E-state index is 12.6. The van der Waals surface area contributed by atoms with E-state index in [2.05, 4.69) is 46.8 Å². The van der Waals surface area contributed by atoms with Gasteiger partial charge in [0.15, 0.2) is 0 Å². The molecule has 30 heavy (non-hydrogen) atoms. The van der Waals surface area contributed by atoms with Gasteiger partial charge < -0.3 is 10.6 Å². The van der Waals surface area contributed by atoms with Crippen LogP contribution < -0.4 is 10.6 Å². The molecule has 0 aliphatic carbocycles. The average molecular weight is 429 g/mol. The number of nitrogens with zero attached hydrogens (tertiary/aromatic N) is 2. The number of hydrogen-bond acceptors (Lipinski definition) is 4. The number of rotatable bonds is 7. The Morgan fingerprint density at radius 2 is 2.00 bits per heavy atom. The molecule has 1 aliphatic heterocycles. The van der Waals surface area contributed by atoms with Gasteiger partial charge in [0.25, 0.3) is 0 Å². The van der Waals surface area contributed by atoms with Crippen molar-refractivity contribution < 1.29 is 9.59 Å². The highest BCUT2D eigenvalue weighted by atomic mass is 35.5. The first-order chi connectivity index (χ1) is 14.4. The largest absolute Gasteiger partial charge is 0.348 e. The van der Waals surface area contributed by atoms with Crippen molar-refractivity contribution in [2.45, 2.75) is 39.2 Å². The lowest BCUT2D eigenvalue weighted by molar-refractivity contribution is -0.126. The van der Waals surface area contributed by atoms with Gasteiger partial charge in [0.05, 0.1) is 23.5 Å². The first kappa shape index (κ1) is 22.2. The lowest BCUT2D eigenvalue weighted by Gasteiger charge is -2.31. The number of carbonyl (C=O) groups is 2. The number of aryl methyl sites for hydroxylation is 1. The topological polar surface area (TPSA) is 74.3 Å². The van der Waals surface area contributed by atoms with Crippen molar-refractivity contribution in [2.75, 3.05) is 25.0 Å². The Bertz CT molecular complexity index is 855. The Balaban J connectivity index is 1.49. The molecule has 6 nitrogen and oxygen atoms in total. The number of anilines is 1. The van der Waals surface area contributed by atoms with Crippen LogP contribution in [-0.2, 0) is 16.0 Å². The Kier molecular flexibility index (Phi) is 7.82. The van der Waals surface area contributed by atoms with Gasteiger partial charge in [-0.25, -0.2) is 4.98 Å². The van der Waals surface area contributed by atoms with Gasteiger partial charge in [0.2, 0.25) is 11.8 Å². The molecule has 2 amide bonds. The number of hydrogen-bond donors (Lipinski definition) is 2. The van der Waals surface area contributed by atoms with Crippen molar-refractivity contribution in [3.8, 4) is 0 Å². The number of piperidine rings is 1. The lowest BCUT2D eigenvalue weighted by atomic mass is 9.97. The molecule has 160 valence electrons. The quantitative estimate of drug-likeness (QED) is 0.702. The van der Waals surface area contributed by atoms with Gasteiger partial charge in [0.1, 0.15) is 5.82 Å². The molecule has 0 saturated carbocycles. The highest BCUT2D eigenvalue weighted by Crippen LogP contribution is 2.19. The fraction of sp³-hybridized carbons (Fsp3) is 0.435. The van der Waals surface area contributed by atoms with Crippen molar-refractivity contribution in [3.63, 3.8) is 0 Å². The molecule has 1 saturated heterocycles. The summed E-state index contributed by atoms with van der Waals surface area (Å²) >= 11 is 5.83. The monoisotopic (exact) mass is 428 g/mol. The van der Waals surface area contributed by atoms with Crippen molar-refractivity contribution >= 4 is 29.2 Å². The minimum absolute atomic E-state index is 0.0255. The Hall–Kier alpha value is -2.44. The van der Waals surface area contributed by atoms with E-state index in [4.69, 9.17) is 11.6 Å². The molecule has 2 aromatic rings. The van der Waals surface area contributed by atoms with Gasteiger partial charge in [-0.15, -0.1) is 0 Å². The van der Waals surface area contributed by atoms with E-state index in [-0.39, 0.29) is 23.8 Å². The molecule has 1 fully saturated rings. The Morgan fingerprint density at radius 3 is 2.67 bits per heavy atom. The molecular weight excluding hydrogens is 400 g/mol. The summed E-state index contributed by atoms with van der Waals surface area (Å²) in [6, 6.07) is 11.7. The smallest absolute Gasteiger partial charge is 0.234 e. The number of aromatic nitrogens is 1. The van der Waals surface area contributed by atoms with Crippen LogP contribution in [0.25, 0.3) is 0 Å². The molecule has 0 spiro atoms. The van der Waals surface area contributed by atoms with Crippen LogP contribution in [0.4, 0.5) is 5.82 Å².